The highest BCUT2D eigenvalue weighted by molar-refractivity contribution is 5.95. The summed E-state index contributed by atoms with van der Waals surface area (Å²) in [7, 11) is 0. The quantitative estimate of drug-likeness (QED) is 0.704. The number of ether oxygens (including phenoxy) is 1. The molecule has 1 heterocycles. The summed E-state index contributed by atoms with van der Waals surface area (Å²) in [6.45, 7) is 7.19. The number of benzene rings is 2. The van der Waals surface area contributed by atoms with Crippen LogP contribution in [0.25, 0.3) is 0 Å². The number of amides is 2. The van der Waals surface area contributed by atoms with Crippen LogP contribution in [0, 0.1) is 6.92 Å². The van der Waals surface area contributed by atoms with Crippen LogP contribution < -0.4 is 15.5 Å². The minimum absolute atomic E-state index is 0.264. The molecule has 0 aromatic heterocycles. The second-order valence-corrected chi connectivity index (χ2v) is 6.90. The van der Waals surface area contributed by atoms with Gasteiger partial charge in [-0.15, -0.1) is 0 Å². The Hall–Kier alpha value is -3.28. The fourth-order valence-electron chi connectivity index (χ4n) is 3.42. The molecular formula is C23H27N3O3. The Morgan fingerprint density at radius 1 is 1.07 bits per heavy atom. The topological polar surface area (TPSA) is 70.7 Å². The molecule has 29 heavy (non-hydrogen) atoms. The fourth-order valence-corrected chi connectivity index (χ4v) is 3.42. The summed E-state index contributed by atoms with van der Waals surface area (Å²) in [5, 5.41) is 5.71. The standard InChI is InChI=1S/C23H27N3O3/c1-4-26(18-9-7-6-8-10-18)15-19-20(22(27)29-5-2)21(25-23(28)24-19)17-13-11-16(3)12-14-17/h6-14,21H,4-5,15H2,1-3H3,(H2,24,25,28). The number of para-hydroxylation sites is 1. The van der Waals surface area contributed by atoms with Crippen molar-refractivity contribution in [1.29, 1.82) is 0 Å². The number of nitrogens with zero attached hydrogens (tertiary/aromatic N) is 1. The van der Waals surface area contributed by atoms with E-state index in [0.717, 1.165) is 23.4 Å². The predicted molar refractivity (Wildman–Crippen MR) is 114 cm³/mol. The third kappa shape index (κ3) is 4.77. The van der Waals surface area contributed by atoms with Crippen LogP contribution in [0.5, 0.6) is 0 Å². The summed E-state index contributed by atoms with van der Waals surface area (Å²) in [4.78, 5) is 27.4. The van der Waals surface area contributed by atoms with Gasteiger partial charge in [-0.1, -0.05) is 48.0 Å². The van der Waals surface area contributed by atoms with Crippen molar-refractivity contribution in [3.05, 3.63) is 77.0 Å². The summed E-state index contributed by atoms with van der Waals surface area (Å²) >= 11 is 0. The molecule has 2 aromatic rings. The minimum Gasteiger partial charge on any atom is -0.463 e. The van der Waals surface area contributed by atoms with Crippen LogP contribution in [0.1, 0.15) is 31.0 Å². The van der Waals surface area contributed by atoms with Crippen LogP contribution in [0.3, 0.4) is 0 Å². The van der Waals surface area contributed by atoms with E-state index in [9.17, 15) is 9.59 Å². The van der Waals surface area contributed by atoms with Crippen molar-refractivity contribution >= 4 is 17.7 Å². The number of hydrogen-bond acceptors (Lipinski definition) is 4. The van der Waals surface area contributed by atoms with Crippen LogP contribution in [-0.4, -0.2) is 31.7 Å². The Balaban J connectivity index is 2.04. The highest BCUT2D eigenvalue weighted by Gasteiger charge is 2.34. The molecule has 0 radical (unpaired) electrons. The molecule has 2 aromatic carbocycles. The lowest BCUT2D eigenvalue weighted by Crippen LogP contribution is -2.48. The lowest BCUT2D eigenvalue weighted by atomic mass is 9.94. The van der Waals surface area contributed by atoms with Crippen molar-refractivity contribution in [2.45, 2.75) is 26.8 Å². The van der Waals surface area contributed by atoms with Gasteiger partial charge in [0, 0.05) is 12.2 Å². The number of rotatable bonds is 7. The molecule has 6 nitrogen and oxygen atoms in total. The highest BCUT2D eigenvalue weighted by atomic mass is 16.5. The molecule has 0 fully saturated rings. The molecule has 152 valence electrons. The second-order valence-electron chi connectivity index (χ2n) is 6.90. The van der Waals surface area contributed by atoms with E-state index < -0.39 is 12.0 Å². The highest BCUT2D eigenvalue weighted by Crippen LogP contribution is 2.29. The van der Waals surface area contributed by atoms with E-state index in [4.69, 9.17) is 4.74 Å². The van der Waals surface area contributed by atoms with Gasteiger partial charge in [-0.25, -0.2) is 9.59 Å². The zero-order valence-corrected chi connectivity index (χ0v) is 17.1. The van der Waals surface area contributed by atoms with Crippen LogP contribution in [-0.2, 0) is 9.53 Å². The fraction of sp³-hybridized carbons (Fsp3) is 0.304. The minimum atomic E-state index is -0.562. The van der Waals surface area contributed by atoms with Crippen LogP contribution in [0.4, 0.5) is 10.5 Å². The Morgan fingerprint density at radius 2 is 1.76 bits per heavy atom. The van der Waals surface area contributed by atoms with E-state index in [1.807, 2.05) is 68.4 Å². The van der Waals surface area contributed by atoms with Crippen molar-refractivity contribution in [3.63, 3.8) is 0 Å². The number of urea groups is 1. The Labute approximate surface area is 171 Å². The number of aryl methyl sites for hydroxylation is 1. The van der Waals surface area contributed by atoms with Crippen molar-refractivity contribution in [1.82, 2.24) is 10.6 Å². The van der Waals surface area contributed by atoms with Gasteiger partial charge >= 0.3 is 12.0 Å². The van der Waals surface area contributed by atoms with E-state index >= 15 is 0 Å². The summed E-state index contributed by atoms with van der Waals surface area (Å²) < 4.78 is 5.34. The van der Waals surface area contributed by atoms with Crippen molar-refractivity contribution in [2.75, 3.05) is 24.6 Å². The molecule has 3 rings (SSSR count). The first-order chi connectivity index (χ1) is 14.0. The predicted octanol–water partition coefficient (Wildman–Crippen LogP) is 3.69. The van der Waals surface area contributed by atoms with Gasteiger partial charge in [0.05, 0.1) is 30.5 Å². The monoisotopic (exact) mass is 393 g/mol. The lowest BCUT2D eigenvalue weighted by Gasteiger charge is -2.32. The van der Waals surface area contributed by atoms with Gasteiger partial charge in [-0.3, -0.25) is 0 Å². The van der Waals surface area contributed by atoms with Crippen LogP contribution >= 0.6 is 0 Å². The molecule has 1 aliphatic rings. The molecular weight excluding hydrogens is 366 g/mol. The van der Waals surface area contributed by atoms with E-state index in [0.29, 0.717) is 17.8 Å². The van der Waals surface area contributed by atoms with Gasteiger partial charge in [0.2, 0.25) is 0 Å². The van der Waals surface area contributed by atoms with Gasteiger partial charge in [0.15, 0.2) is 0 Å². The molecule has 1 unspecified atom stereocenters. The maximum absolute atomic E-state index is 12.9. The average molecular weight is 393 g/mol. The van der Waals surface area contributed by atoms with Gasteiger partial charge in [-0.2, -0.15) is 0 Å². The molecule has 1 aliphatic heterocycles. The van der Waals surface area contributed by atoms with Gasteiger partial charge in [-0.05, 0) is 38.5 Å². The van der Waals surface area contributed by atoms with Crippen LogP contribution in [0.15, 0.2) is 65.9 Å². The molecule has 2 amide bonds. The SMILES string of the molecule is CCOC(=O)C1=C(CN(CC)c2ccccc2)NC(=O)NC1c1ccc(C)cc1. The zero-order chi connectivity index (χ0) is 20.8. The molecule has 1 atom stereocenters. The largest absolute Gasteiger partial charge is 0.463 e. The Bertz CT molecular complexity index is 891. The summed E-state index contributed by atoms with van der Waals surface area (Å²) in [6, 6.07) is 16.8. The van der Waals surface area contributed by atoms with Crippen molar-refractivity contribution in [2.24, 2.45) is 0 Å². The maximum Gasteiger partial charge on any atom is 0.338 e. The molecule has 0 saturated heterocycles. The van der Waals surface area contributed by atoms with Crippen molar-refractivity contribution < 1.29 is 14.3 Å². The number of anilines is 1. The van der Waals surface area contributed by atoms with Gasteiger partial charge in [0.1, 0.15) is 0 Å². The smallest absolute Gasteiger partial charge is 0.338 e. The molecule has 0 spiro atoms. The van der Waals surface area contributed by atoms with Crippen molar-refractivity contribution in [3.8, 4) is 0 Å². The average Bonchev–Trinajstić information content (AvgIpc) is 2.73. The van der Waals surface area contributed by atoms with E-state index in [1.54, 1.807) is 6.92 Å². The number of nitrogens with one attached hydrogen (secondary N) is 2. The molecule has 6 heteroatoms. The summed E-state index contributed by atoms with van der Waals surface area (Å²) in [5.41, 5.74) is 3.96. The first-order valence-corrected chi connectivity index (χ1v) is 9.87. The number of hydrogen-bond donors (Lipinski definition) is 2. The third-order valence-electron chi connectivity index (χ3n) is 4.91. The number of esters is 1. The molecule has 0 bridgehead atoms. The molecule has 0 saturated carbocycles. The Morgan fingerprint density at radius 3 is 2.38 bits per heavy atom. The van der Waals surface area contributed by atoms with E-state index in [1.165, 1.54) is 0 Å². The van der Waals surface area contributed by atoms with Gasteiger partial charge < -0.3 is 20.3 Å². The maximum atomic E-state index is 12.9. The summed E-state index contributed by atoms with van der Waals surface area (Å²) in [6.07, 6.45) is 0. The molecule has 0 aliphatic carbocycles. The third-order valence-corrected chi connectivity index (χ3v) is 4.91. The van der Waals surface area contributed by atoms with E-state index in [2.05, 4.69) is 15.5 Å². The number of likely N-dealkylation sites (N-methyl/N-ethyl adjacent to an activating group) is 1. The molecule has 2 N–H and O–H groups in total. The normalized spacial score (nSPS) is 16.1. The first kappa shape index (κ1) is 20.5. The second kappa shape index (κ2) is 9.28. The zero-order valence-electron chi connectivity index (χ0n) is 17.1. The van der Waals surface area contributed by atoms with Gasteiger partial charge in [0.25, 0.3) is 0 Å². The van der Waals surface area contributed by atoms with Crippen LogP contribution in [0.2, 0.25) is 0 Å². The summed E-state index contributed by atoms with van der Waals surface area (Å²) in [5.74, 6) is -0.426. The lowest BCUT2D eigenvalue weighted by molar-refractivity contribution is -0.139. The number of carbonyl (C=O) groups is 2. The van der Waals surface area contributed by atoms with E-state index in [-0.39, 0.29) is 12.6 Å². The first-order valence-electron chi connectivity index (χ1n) is 9.87. The number of carbonyl (C=O) groups excluding carboxylic acids is 2. The Kier molecular flexibility index (Phi) is 6.54.